The third-order valence-electron chi connectivity index (χ3n) is 3.41. The molecule has 0 saturated carbocycles. The van der Waals surface area contributed by atoms with Gasteiger partial charge in [-0.15, -0.1) is 0 Å². The summed E-state index contributed by atoms with van der Waals surface area (Å²) < 4.78 is 0. The van der Waals surface area contributed by atoms with E-state index in [1.54, 1.807) is 6.07 Å². The van der Waals surface area contributed by atoms with Crippen molar-refractivity contribution in [2.45, 2.75) is 65.8 Å². The standard InChI is InChI=1S/C17H27ClN2O/c1-5-7-15-10-14(11-16(18)20-15)17(21)19-13(4)9-6-8-12(2)3/h10-13H,5-9H2,1-4H3,(H,19,21). The molecule has 4 heteroatoms. The first-order valence-corrected chi connectivity index (χ1v) is 8.27. The molecule has 1 N–H and O–H groups in total. The van der Waals surface area contributed by atoms with E-state index in [0.29, 0.717) is 16.6 Å². The van der Waals surface area contributed by atoms with E-state index in [9.17, 15) is 4.79 Å². The number of aryl methyl sites for hydroxylation is 1. The lowest BCUT2D eigenvalue weighted by Gasteiger charge is -2.15. The molecule has 1 rings (SSSR count). The Balaban J connectivity index is 2.58. The van der Waals surface area contributed by atoms with E-state index in [0.717, 1.165) is 31.4 Å². The van der Waals surface area contributed by atoms with Gasteiger partial charge in [0, 0.05) is 17.3 Å². The van der Waals surface area contributed by atoms with E-state index < -0.39 is 0 Å². The summed E-state index contributed by atoms with van der Waals surface area (Å²) in [6.07, 6.45) is 5.16. The molecule has 1 aromatic heterocycles. The van der Waals surface area contributed by atoms with Gasteiger partial charge in [0.25, 0.3) is 5.91 Å². The minimum Gasteiger partial charge on any atom is -0.350 e. The smallest absolute Gasteiger partial charge is 0.251 e. The quantitative estimate of drug-likeness (QED) is 0.711. The summed E-state index contributed by atoms with van der Waals surface area (Å²) in [5, 5.41) is 3.43. The number of hydrogen-bond acceptors (Lipinski definition) is 2. The molecule has 1 atom stereocenters. The molecule has 0 aliphatic heterocycles. The lowest BCUT2D eigenvalue weighted by Crippen LogP contribution is -2.32. The summed E-state index contributed by atoms with van der Waals surface area (Å²) in [4.78, 5) is 16.5. The second-order valence-corrected chi connectivity index (χ2v) is 6.51. The van der Waals surface area contributed by atoms with Crippen LogP contribution < -0.4 is 5.32 Å². The normalized spacial score (nSPS) is 12.5. The van der Waals surface area contributed by atoms with Gasteiger partial charge in [-0.25, -0.2) is 4.98 Å². The number of pyridine rings is 1. The Morgan fingerprint density at radius 3 is 2.62 bits per heavy atom. The second kappa shape index (κ2) is 9.04. The molecule has 0 bridgehead atoms. The molecule has 0 spiro atoms. The highest BCUT2D eigenvalue weighted by Gasteiger charge is 2.12. The van der Waals surface area contributed by atoms with Crippen LogP contribution in [0, 0.1) is 5.92 Å². The number of hydrogen-bond donors (Lipinski definition) is 1. The highest BCUT2D eigenvalue weighted by molar-refractivity contribution is 6.29. The van der Waals surface area contributed by atoms with Crippen molar-refractivity contribution in [2.24, 2.45) is 5.92 Å². The molecule has 21 heavy (non-hydrogen) atoms. The van der Waals surface area contributed by atoms with Crippen LogP contribution in [0.4, 0.5) is 0 Å². The predicted molar refractivity (Wildman–Crippen MR) is 88.9 cm³/mol. The molecular formula is C17H27ClN2O. The predicted octanol–water partition coefficient (Wildman–Crippen LogP) is 4.63. The zero-order valence-corrected chi connectivity index (χ0v) is 14.3. The zero-order chi connectivity index (χ0) is 15.8. The van der Waals surface area contributed by atoms with Crippen LogP contribution in [-0.4, -0.2) is 16.9 Å². The molecule has 1 aromatic rings. The first-order chi connectivity index (χ1) is 9.92. The molecular weight excluding hydrogens is 284 g/mol. The average molecular weight is 311 g/mol. The van der Waals surface area contributed by atoms with Gasteiger partial charge in [-0.05, 0) is 37.8 Å². The minimum atomic E-state index is -0.0614. The Morgan fingerprint density at radius 1 is 1.29 bits per heavy atom. The van der Waals surface area contributed by atoms with Crippen molar-refractivity contribution in [3.63, 3.8) is 0 Å². The first-order valence-electron chi connectivity index (χ1n) is 7.89. The van der Waals surface area contributed by atoms with Crippen LogP contribution >= 0.6 is 11.6 Å². The van der Waals surface area contributed by atoms with Gasteiger partial charge in [0.15, 0.2) is 0 Å². The van der Waals surface area contributed by atoms with Crippen LogP contribution in [0.2, 0.25) is 5.15 Å². The summed E-state index contributed by atoms with van der Waals surface area (Å²) in [5.74, 6) is 0.650. The molecule has 1 amide bonds. The van der Waals surface area contributed by atoms with Crippen molar-refractivity contribution in [2.75, 3.05) is 0 Å². The van der Waals surface area contributed by atoms with Crippen molar-refractivity contribution in [3.8, 4) is 0 Å². The largest absolute Gasteiger partial charge is 0.350 e. The molecule has 0 aliphatic carbocycles. The summed E-state index contributed by atoms with van der Waals surface area (Å²) in [7, 11) is 0. The number of nitrogens with zero attached hydrogens (tertiary/aromatic N) is 1. The van der Waals surface area contributed by atoms with Gasteiger partial charge in [0.2, 0.25) is 0 Å². The van der Waals surface area contributed by atoms with Crippen molar-refractivity contribution in [1.82, 2.24) is 10.3 Å². The second-order valence-electron chi connectivity index (χ2n) is 6.12. The Kier molecular flexibility index (Phi) is 7.73. The number of amides is 1. The van der Waals surface area contributed by atoms with Crippen LogP contribution in [-0.2, 0) is 6.42 Å². The van der Waals surface area contributed by atoms with Gasteiger partial charge in [0.1, 0.15) is 5.15 Å². The van der Waals surface area contributed by atoms with Gasteiger partial charge in [-0.1, -0.05) is 51.6 Å². The van der Waals surface area contributed by atoms with Gasteiger partial charge in [-0.3, -0.25) is 4.79 Å². The van der Waals surface area contributed by atoms with Crippen LogP contribution in [0.15, 0.2) is 12.1 Å². The molecule has 0 saturated heterocycles. The lowest BCUT2D eigenvalue weighted by atomic mass is 10.0. The zero-order valence-electron chi connectivity index (χ0n) is 13.6. The van der Waals surface area contributed by atoms with E-state index in [2.05, 4.69) is 31.1 Å². The maximum atomic E-state index is 12.3. The molecule has 1 heterocycles. The highest BCUT2D eigenvalue weighted by Crippen LogP contribution is 2.13. The molecule has 3 nitrogen and oxygen atoms in total. The molecule has 0 aromatic carbocycles. The van der Waals surface area contributed by atoms with Crippen LogP contribution in [0.5, 0.6) is 0 Å². The Morgan fingerprint density at radius 2 is 2.00 bits per heavy atom. The van der Waals surface area contributed by atoms with E-state index in [1.807, 2.05) is 13.0 Å². The fourth-order valence-electron chi connectivity index (χ4n) is 2.28. The summed E-state index contributed by atoms with van der Waals surface area (Å²) in [5.41, 5.74) is 1.48. The minimum absolute atomic E-state index is 0.0614. The number of carbonyl (C=O) groups excluding carboxylic acids is 1. The molecule has 1 unspecified atom stereocenters. The Bertz CT molecular complexity index is 460. The van der Waals surface area contributed by atoms with E-state index in [4.69, 9.17) is 11.6 Å². The monoisotopic (exact) mass is 310 g/mol. The van der Waals surface area contributed by atoms with E-state index in [1.165, 1.54) is 6.42 Å². The van der Waals surface area contributed by atoms with Gasteiger partial charge < -0.3 is 5.32 Å². The Hall–Kier alpha value is -1.09. The van der Waals surface area contributed by atoms with Crippen LogP contribution in [0.25, 0.3) is 0 Å². The van der Waals surface area contributed by atoms with Crippen molar-refractivity contribution in [1.29, 1.82) is 0 Å². The summed E-state index contributed by atoms with van der Waals surface area (Å²) in [6.45, 7) is 8.57. The van der Waals surface area contributed by atoms with Gasteiger partial charge >= 0.3 is 0 Å². The lowest BCUT2D eigenvalue weighted by molar-refractivity contribution is 0.0937. The number of carbonyl (C=O) groups is 1. The number of nitrogens with one attached hydrogen (secondary N) is 1. The third kappa shape index (κ3) is 6.94. The summed E-state index contributed by atoms with van der Waals surface area (Å²) >= 11 is 5.99. The highest BCUT2D eigenvalue weighted by atomic mass is 35.5. The van der Waals surface area contributed by atoms with Crippen molar-refractivity contribution < 1.29 is 4.79 Å². The molecule has 0 fully saturated rings. The number of halogens is 1. The SMILES string of the molecule is CCCc1cc(C(=O)NC(C)CCCC(C)C)cc(Cl)n1. The first kappa shape index (κ1) is 18.0. The van der Waals surface area contributed by atoms with E-state index >= 15 is 0 Å². The molecule has 0 aliphatic rings. The van der Waals surface area contributed by atoms with Crippen LogP contribution in [0.3, 0.4) is 0 Å². The number of aromatic nitrogens is 1. The topological polar surface area (TPSA) is 42.0 Å². The molecule has 0 radical (unpaired) electrons. The van der Waals surface area contributed by atoms with Gasteiger partial charge in [-0.2, -0.15) is 0 Å². The summed E-state index contributed by atoms with van der Waals surface area (Å²) in [6, 6.07) is 3.65. The third-order valence-corrected chi connectivity index (χ3v) is 3.61. The fourth-order valence-corrected chi connectivity index (χ4v) is 2.50. The maximum absolute atomic E-state index is 12.3. The fraction of sp³-hybridized carbons (Fsp3) is 0.647. The van der Waals surface area contributed by atoms with Crippen LogP contribution in [0.1, 0.15) is 69.4 Å². The van der Waals surface area contributed by atoms with Crippen molar-refractivity contribution in [3.05, 3.63) is 28.5 Å². The van der Waals surface area contributed by atoms with E-state index in [-0.39, 0.29) is 11.9 Å². The average Bonchev–Trinajstić information content (AvgIpc) is 2.37. The maximum Gasteiger partial charge on any atom is 0.251 e. The molecule has 118 valence electrons. The van der Waals surface area contributed by atoms with Gasteiger partial charge in [0.05, 0.1) is 0 Å². The number of rotatable bonds is 8. The van der Waals surface area contributed by atoms with Crippen molar-refractivity contribution >= 4 is 17.5 Å². The Labute approximate surface area is 133 Å².